The summed E-state index contributed by atoms with van der Waals surface area (Å²) < 4.78 is 25.8. The van der Waals surface area contributed by atoms with Crippen LogP contribution in [-0.4, -0.2) is 32.7 Å². The highest BCUT2D eigenvalue weighted by atomic mass is 32.2. The van der Waals surface area contributed by atoms with Crippen LogP contribution < -0.4 is 9.62 Å². The predicted molar refractivity (Wildman–Crippen MR) is 95.1 cm³/mol. The van der Waals surface area contributed by atoms with Crippen molar-refractivity contribution in [3.8, 4) is 0 Å². The lowest BCUT2D eigenvalue weighted by Crippen LogP contribution is -2.50. The van der Waals surface area contributed by atoms with Crippen LogP contribution >= 0.6 is 0 Å². The number of anilines is 1. The van der Waals surface area contributed by atoms with Gasteiger partial charge >= 0.3 is 0 Å². The topological polar surface area (TPSA) is 66.5 Å². The minimum Gasteiger partial charge on any atom is -0.352 e. The molecule has 0 aliphatic carbocycles. The van der Waals surface area contributed by atoms with Gasteiger partial charge in [0.1, 0.15) is 6.04 Å². The van der Waals surface area contributed by atoms with E-state index in [1.54, 1.807) is 13.0 Å². The van der Waals surface area contributed by atoms with Gasteiger partial charge in [-0.25, -0.2) is 8.42 Å². The van der Waals surface area contributed by atoms with E-state index >= 15 is 0 Å². The third kappa shape index (κ3) is 4.96. The number of sulfonamides is 1. The number of rotatable bonds is 6. The molecule has 2 atom stereocenters. The SMILES string of the molecule is Cc1ccc(C)c(N([C@@H](C)C(=O)N[C@@H](C)C(C)C)S(C)(=O)=O)c1. The van der Waals surface area contributed by atoms with Gasteiger partial charge in [-0.05, 0) is 50.8 Å². The van der Waals surface area contributed by atoms with Gasteiger partial charge in [0.2, 0.25) is 15.9 Å². The molecule has 0 fully saturated rings. The Morgan fingerprint density at radius 1 is 1.13 bits per heavy atom. The molecule has 0 aliphatic heterocycles. The van der Waals surface area contributed by atoms with E-state index in [0.717, 1.165) is 17.4 Å². The number of aryl methyl sites for hydroxylation is 2. The molecule has 1 aromatic carbocycles. The summed E-state index contributed by atoms with van der Waals surface area (Å²) in [4.78, 5) is 12.5. The fourth-order valence-electron chi connectivity index (χ4n) is 2.25. The number of hydrogen-bond acceptors (Lipinski definition) is 3. The molecule has 0 radical (unpaired) electrons. The Balaban J connectivity index is 3.23. The van der Waals surface area contributed by atoms with Crippen LogP contribution in [0, 0.1) is 19.8 Å². The Morgan fingerprint density at radius 3 is 2.17 bits per heavy atom. The summed E-state index contributed by atoms with van der Waals surface area (Å²) in [6.07, 6.45) is 1.13. The van der Waals surface area contributed by atoms with Gasteiger partial charge in [0.15, 0.2) is 0 Å². The highest BCUT2D eigenvalue weighted by molar-refractivity contribution is 7.92. The average Bonchev–Trinajstić information content (AvgIpc) is 2.40. The van der Waals surface area contributed by atoms with Crippen LogP contribution in [0.3, 0.4) is 0 Å². The van der Waals surface area contributed by atoms with Gasteiger partial charge in [-0.3, -0.25) is 9.10 Å². The van der Waals surface area contributed by atoms with Gasteiger partial charge < -0.3 is 5.32 Å². The summed E-state index contributed by atoms with van der Waals surface area (Å²) in [6, 6.07) is 4.75. The van der Waals surface area contributed by atoms with Gasteiger partial charge in [-0.15, -0.1) is 0 Å². The number of carbonyl (C=O) groups excluding carboxylic acids is 1. The monoisotopic (exact) mass is 340 g/mol. The van der Waals surface area contributed by atoms with E-state index in [4.69, 9.17) is 0 Å². The van der Waals surface area contributed by atoms with Crippen molar-refractivity contribution in [2.75, 3.05) is 10.6 Å². The summed E-state index contributed by atoms with van der Waals surface area (Å²) >= 11 is 0. The Kier molecular flexibility index (Phi) is 6.22. The van der Waals surface area contributed by atoms with E-state index in [1.807, 2.05) is 46.8 Å². The summed E-state index contributed by atoms with van der Waals surface area (Å²) in [5.74, 6) is -0.0175. The largest absolute Gasteiger partial charge is 0.352 e. The zero-order chi connectivity index (χ0) is 17.9. The third-order valence-corrected chi connectivity index (χ3v) is 5.29. The first-order chi connectivity index (χ1) is 10.4. The van der Waals surface area contributed by atoms with Gasteiger partial charge in [0, 0.05) is 6.04 Å². The quantitative estimate of drug-likeness (QED) is 0.865. The zero-order valence-corrected chi connectivity index (χ0v) is 15.9. The summed E-state index contributed by atoms with van der Waals surface area (Å²) in [5.41, 5.74) is 2.31. The summed E-state index contributed by atoms with van der Waals surface area (Å²) in [6.45, 7) is 11.3. The Hall–Kier alpha value is -1.56. The number of benzene rings is 1. The van der Waals surface area contributed by atoms with Crippen molar-refractivity contribution < 1.29 is 13.2 Å². The first-order valence-corrected chi connectivity index (χ1v) is 9.67. The van der Waals surface area contributed by atoms with Crippen LogP contribution in [0.1, 0.15) is 38.8 Å². The van der Waals surface area contributed by atoms with Crippen molar-refractivity contribution in [2.45, 2.75) is 53.6 Å². The first-order valence-electron chi connectivity index (χ1n) is 7.82. The van der Waals surface area contributed by atoms with Crippen molar-refractivity contribution in [2.24, 2.45) is 5.92 Å². The molecule has 0 saturated heterocycles. The van der Waals surface area contributed by atoms with Crippen molar-refractivity contribution in [1.29, 1.82) is 0 Å². The van der Waals surface area contributed by atoms with E-state index in [1.165, 1.54) is 4.31 Å². The number of nitrogens with one attached hydrogen (secondary N) is 1. The standard InChI is InChI=1S/C17H28N2O3S/c1-11(2)14(5)18-17(20)15(6)19(23(7,21)22)16-10-12(3)8-9-13(16)4/h8-11,14-15H,1-7H3,(H,18,20)/t14-,15-/m0/s1. The second kappa shape index (κ2) is 7.34. The molecule has 1 amide bonds. The minimum atomic E-state index is -3.59. The van der Waals surface area contributed by atoms with Crippen LogP contribution in [0.5, 0.6) is 0 Å². The van der Waals surface area contributed by atoms with E-state index in [0.29, 0.717) is 5.69 Å². The summed E-state index contributed by atoms with van der Waals surface area (Å²) in [5, 5.41) is 2.89. The van der Waals surface area contributed by atoms with Gasteiger partial charge in [-0.1, -0.05) is 26.0 Å². The van der Waals surface area contributed by atoms with Crippen LogP contribution in [0.15, 0.2) is 18.2 Å². The lowest BCUT2D eigenvalue weighted by Gasteiger charge is -2.31. The molecule has 1 aromatic rings. The number of nitrogens with zero attached hydrogens (tertiary/aromatic N) is 1. The second-order valence-corrected chi connectivity index (χ2v) is 8.43. The molecule has 0 heterocycles. The lowest BCUT2D eigenvalue weighted by atomic mass is 10.1. The summed E-state index contributed by atoms with van der Waals surface area (Å²) in [7, 11) is -3.59. The molecule has 0 unspecified atom stereocenters. The molecular weight excluding hydrogens is 312 g/mol. The molecule has 6 heteroatoms. The van der Waals surface area contributed by atoms with E-state index in [2.05, 4.69) is 5.32 Å². The molecule has 23 heavy (non-hydrogen) atoms. The third-order valence-electron chi connectivity index (χ3n) is 4.06. The maximum atomic E-state index is 12.5. The minimum absolute atomic E-state index is 0.0232. The van der Waals surface area contributed by atoms with Crippen LogP contribution in [0.2, 0.25) is 0 Å². The smallest absolute Gasteiger partial charge is 0.243 e. The van der Waals surface area contributed by atoms with E-state index in [-0.39, 0.29) is 17.9 Å². The molecule has 0 spiro atoms. The highest BCUT2D eigenvalue weighted by Crippen LogP contribution is 2.26. The number of hydrogen-bond donors (Lipinski definition) is 1. The fourth-order valence-corrected chi connectivity index (χ4v) is 3.47. The maximum absolute atomic E-state index is 12.5. The molecule has 5 nitrogen and oxygen atoms in total. The van der Waals surface area contributed by atoms with E-state index < -0.39 is 16.1 Å². The molecule has 1 N–H and O–H groups in total. The maximum Gasteiger partial charge on any atom is 0.243 e. The van der Waals surface area contributed by atoms with Gasteiger partial charge in [0.25, 0.3) is 0 Å². The normalized spacial score (nSPS) is 14.4. The predicted octanol–water partition coefficient (Wildman–Crippen LogP) is 2.62. The van der Waals surface area contributed by atoms with Crippen molar-refractivity contribution in [3.05, 3.63) is 29.3 Å². The Bertz CT molecular complexity index is 668. The van der Waals surface area contributed by atoms with Crippen LogP contribution in [0.4, 0.5) is 5.69 Å². The van der Waals surface area contributed by atoms with Crippen LogP contribution in [0.25, 0.3) is 0 Å². The second-order valence-electron chi connectivity index (χ2n) is 6.57. The molecule has 0 aromatic heterocycles. The molecule has 130 valence electrons. The average molecular weight is 340 g/mol. The van der Waals surface area contributed by atoms with Crippen LogP contribution in [-0.2, 0) is 14.8 Å². The molecular formula is C17H28N2O3S. The van der Waals surface area contributed by atoms with E-state index in [9.17, 15) is 13.2 Å². The molecule has 0 aliphatic rings. The fraction of sp³-hybridized carbons (Fsp3) is 0.588. The number of carbonyl (C=O) groups is 1. The van der Waals surface area contributed by atoms with Gasteiger partial charge in [-0.2, -0.15) is 0 Å². The van der Waals surface area contributed by atoms with Crippen molar-refractivity contribution >= 4 is 21.6 Å². The molecule has 0 saturated carbocycles. The first kappa shape index (κ1) is 19.5. The zero-order valence-electron chi connectivity index (χ0n) is 15.0. The Labute approximate surface area is 140 Å². The number of amides is 1. The highest BCUT2D eigenvalue weighted by Gasteiger charge is 2.31. The molecule has 1 rings (SSSR count). The lowest BCUT2D eigenvalue weighted by molar-refractivity contribution is -0.122. The molecule has 0 bridgehead atoms. The van der Waals surface area contributed by atoms with Crippen molar-refractivity contribution in [3.63, 3.8) is 0 Å². The van der Waals surface area contributed by atoms with Crippen molar-refractivity contribution in [1.82, 2.24) is 5.32 Å². The Morgan fingerprint density at radius 2 is 1.70 bits per heavy atom. The van der Waals surface area contributed by atoms with Gasteiger partial charge in [0.05, 0.1) is 11.9 Å².